The Morgan fingerprint density at radius 3 is 1.59 bits per heavy atom. The van der Waals surface area contributed by atoms with E-state index in [0.29, 0.717) is 0 Å². The highest BCUT2D eigenvalue weighted by Gasteiger charge is 2.20. The molecule has 0 aliphatic carbocycles. The zero-order valence-corrected chi connectivity index (χ0v) is 20.5. The third kappa shape index (κ3) is 2.70. The maximum atomic E-state index is 6.56. The SMILES string of the molecule is c1cc(-n2c3cccnc3c3ncccc32)c2oc3ccc(-n4c5cccnc5c5ncccc54)cc3c2c1. The van der Waals surface area contributed by atoms with Crippen molar-refractivity contribution in [3.8, 4) is 11.4 Å². The average molecular weight is 503 g/mol. The van der Waals surface area contributed by atoms with Crippen molar-refractivity contribution in [3.05, 3.63) is 110 Å². The van der Waals surface area contributed by atoms with Gasteiger partial charge in [-0.3, -0.25) is 19.9 Å². The number of rotatable bonds is 2. The number of pyridine rings is 4. The predicted molar refractivity (Wildman–Crippen MR) is 154 cm³/mol. The first kappa shape index (κ1) is 20.5. The van der Waals surface area contributed by atoms with Crippen LogP contribution in [0.25, 0.3) is 77.4 Å². The van der Waals surface area contributed by atoms with Gasteiger partial charge in [0.1, 0.15) is 27.6 Å². The number of para-hydroxylation sites is 1. The monoisotopic (exact) mass is 502 g/mol. The molecule has 0 atom stereocenters. The molecule has 7 nitrogen and oxygen atoms in total. The summed E-state index contributed by atoms with van der Waals surface area (Å²) in [6.45, 7) is 0. The lowest BCUT2D eigenvalue weighted by molar-refractivity contribution is 0.666. The lowest BCUT2D eigenvalue weighted by atomic mass is 10.1. The molecule has 182 valence electrons. The molecule has 2 aromatic carbocycles. The van der Waals surface area contributed by atoms with Gasteiger partial charge in [-0.25, -0.2) is 0 Å². The third-order valence-electron chi connectivity index (χ3n) is 7.52. The number of nitrogens with zero attached hydrogens (tertiary/aromatic N) is 6. The molecule has 9 aromatic rings. The van der Waals surface area contributed by atoms with E-state index in [0.717, 1.165) is 77.4 Å². The topological polar surface area (TPSA) is 74.6 Å². The normalized spacial score (nSPS) is 12.1. The van der Waals surface area contributed by atoms with Crippen LogP contribution in [0, 0.1) is 0 Å². The lowest BCUT2D eigenvalue weighted by Crippen LogP contribution is -1.94. The van der Waals surface area contributed by atoms with Gasteiger partial charge in [0.05, 0.1) is 27.8 Å². The molecule has 0 aliphatic heterocycles. The second kappa shape index (κ2) is 7.49. The fourth-order valence-corrected chi connectivity index (χ4v) is 5.92. The van der Waals surface area contributed by atoms with E-state index in [9.17, 15) is 0 Å². The molecule has 7 heterocycles. The molecule has 0 spiro atoms. The van der Waals surface area contributed by atoms with E-state index >= 15 is 0 Å². The van der Waals surface area contributed by atoms with Crippen LogP contribution in [0.4, 0.5) is 0 Å². The van der Waals surface area contributed by atoms with Crippen LogP contribution in [0.5, 0.6) is 0 Å². The molecule has 0 aliphatic rings. The second-order valence-corrected chi connectivity index (χ2v) is 9.59. The standard InChI is InChI=1S/C32H18N6O/c1-6-20-21-18-19(37-22-8-2-14-33-28(22)29-23(37)9-3-15-34-29)12-13-27(21)39-32(20)26(7-1)38-24-10-4-16-35-30(24)31-25(38)11-5-17-36-31/h1-18H. The highest BCUT2D eigenvalue weighted by molar-refractivity contribution is 6.11. The highest BCUT2D eigenvalue weighted by Crippen LogP contribution is 2.38. The molecule has 7 aromatic heterocycles. The molecule has 0 saturated carbocycles. The molecular weight excluding hydrogens is 484 g/mol. The van der Waals surface area contributed by atoms with Crippen molar-refractivity contribution in [2.24, 2.45) is 0 Å². The van der Waals surface area contributed by atoms with Gasteiger partial charge in [-0.05, 0) is 72.8 Å². The first-order valence-electron chi connectivity index (χ1n) is 12.7. The largest absolute Gasteiger partial charge is 0.454 e. The molecule has 0 unspecified atom stereocenters. The van der Waals surface area contributed by atoms with Crippen LogP contribution in [0.3, 0.4) is 0 Å². The molecule has 0 amide bonds. The van der Waals surface area contributed by atoms with Crippen LogP contribution < -0.4 is 0 Å². The first-order chi connectivity index (χ1) is 19.4. The Morgan fingerprint density at radius 2 is 1.03 bits per heavy atom. The predicted octanol–water partition coefficient (Wildman–Crippen LogP) is 7.36. The minimum atomic E-state index is 0.821. The van der Waals surface area contributed by atoms with E-state index < -0.39 is 0 Å². The van der Waals surface area contributed by atoms with Crippen LogP contribution >= 0.6 is 0 Å². The van der Waals surface area contributed by atoms with E-state index in [4.69, 9.17) is 4.42 Å². The van der Waals surface area contributed by atoms with Crippen molar-refractivity contribution in [1.82, 2.24) is 29.1 Å². The van der Waals surface area contributed by atoms with E-state index in [1.165, 1.54) is 0 Å². The van der Waals surface area contributed by atoms with Gasteiger partial charge in [-0.15, -0.1) is 0 Å². The summed E-state index contributed by atoms with van der Waals surface area (Å²) in [7, 11) is 0. The van der Waals surface area contributed by atoms with Crippen LogP contribution in [0.15, 0.2) is 114 Å². The number of benzene rings is 2. The average Bonchev–Trinajstić information content (AvgIpc) is 3.65. The quantitative estimate of drug-likeness (QED) is 0.247. The maximum Gasteiger partial charge on any atom is 0.159 e. The Kier molecular flexibility index (Phi) is 3.93. The van der Waals surface area contributed by atoms with Gasteiger partial charge in [-0.2, -0.15) is 0 Å². The Bertz CT molecular complexity index is 2310. The number of hydrogen-bond acceptors (Lipinski definition) is 5. The fourth-order valence-electron chi connectivity index (χ4n) is 5.92. The summed E-state index contributed by atoms with van der Waals surface area (Å²) < 4.78 is 11.0. The first-order valence-corrected chi connectivity index (χ1v) is 12.7. The summed E-state index contributed by atoms with van der Waals surface area (Å²) in [5.74, 6) is 0. The van der Waals surface area contributed by atoms with Crippen LogP contribution in [0.1, 0.15) is 0 Å². The molecule has 0 radical (unpaired) electrons. The molecular formula is C32H18N6O. The Balaban J connectivity index is 1.34. The van der Waals surface area contributed by atoms with Crippen molar-refractivity contribution in [2.45, 2.75) is 0 Å². The highest BCUT2D eigenvalue weighted by atomic mass is 16.3. The molecule has 0 N–H and O–H groups in total. The Hall–Kier alpha value is -5.56. The van der Waals surface area contributed by atoms with Crippen LogP contribution in [-0.4, -0.2) is 29.1 Å². The van der Waals surface area contributed by atoms with E-state index in [-0.39, 0.29) is 0 Å². The Labute approximate surface area is 220 Å². The van der Waals surface area contributed by atoms with Crippen molar-refractivity contribution in [3.63, 3.8) is 0 Å². The molecule has 0 bridgehead atoms. The summed E-state index contributed by atoms with van der Waals surface area (Å²) in [6, 6.07) is 28.8. The molecule has 0 saturated heterocycles. The van der Waals surface area contributed by atoms with E-state index in [2.05, 4.69) is 83.7 Å². The molecule has 7 heteroatoms. The molecule has 39 heavy (non-hydrogen) atoms. The maximum absolute atomic E-state index is 6.56. The minimum Gasteiger partial charge on any atom is -0.454 e. The third-order valence-corrected chi connectivity index (χ3v) is 7.52. The van der Waals surface area contributed by atoms with Crippen molar-refractivity contribution >= 4 is 66.1 Å². The zero-order chi connectivity index (χ0) is 25.5. The summed E-state index contributed by atoms with van der Waals surface area (Å²) in [5.41, 5.74) is 11.2. The van der Waals surface area contributed by atoms with Gasteiger partial charge in [0, 0.05) is 41.2 Å². The van der Waals surface area contributed by atoms with Crippen molar-refractivity contribution in [1.29, 1.82) is 0 Å². The zero-order valence-electron chi connectivity index (χ0n) is 20.5. The summed E-state index contributed by atoms with van der Waals surface area (Å²) in [5, 5.41) is 2.09. The number of fused-ring (bicyclic) bond motifs is 9. The summed E-state index contributed by atoms with van der Waals surface area (Å²) in [4.78, 5) is 18.5. The smallest absolute Gasteiger partial charge is 0.159 e. The number of aromatic nitrogens is 6. The van der Waals surface area contributed by atoms with Gasteiger partial charge in [0.25, 0.3) is 0 Å². The van der Waals surface area contributed by atoms with E-state index in [1.54, 1.807) is 0 Å². The fraction of sp³-hybridized carbons (Fsp3) is 0. The van der Waals surface area contributed by atoms with Gasteiger partial charge >= 0.3 is 0 Å². The van der Waals surface area contributed by atoms with Gasteiger partial charge in [-0.1, -0.05) is 12.1 Å². The summed E-state index contributed by atoms with van der Waals surface area (Å²) >= 11 is 0. The molecule has 9 rings (SSSR count). The number of hydrogen-bond donors (Lipinski definition) is 0. The van der Waals surface area contributed by atoms with Gasteiger partial charge in [0.2, 0.25) is 0 Å². The lowest BCUT2D eigenvalue weighted by Gasteiger charge is -2.08. The van der Waals surface area contributed by atoms with Crippen LogP contribution in [0.2, 0.25) is 0 Å². The van der Waals surface area contributed by atoms with Crippen molar-refractivity contribution in [2.75, 3.05) is 0 Å². The van der Waals surface area contributed by atoms with Crippen LogP contribution in [-0.2, 0) is 0 Å². The number of furan rings is 1. The molecule has 0 fully saturated rings. The van der Waals surface area contributed by atoms with Gasteiger partial charge in [0.15, 0.2) is 5.58 Å². The Morgan fingerprint density at radius 1 is 0.487 bits per heavy atom. The van der Waals surface area contributed by atoms with E-state index in [1.807, 2.05) is 55.1 Å². The van der Waals surface area contributed by atoms with Gasteiger partial charge < -0.3 is 13.6 Å². The minimum absolute atomic E-state index is 0.821. The second-order valence-electron chi connectivity index (χ2n) is 9.59. The van der Waals surface area contributed by atoms with Crippen molar-refractivity contribution < 1.29 is 4.42 Å². The summed E-state index contributed by atoms with van der Waals surface area (Å²) in [6.07, 6.45) is 7.25.